The second-order valence-electron chi connectivity index (χ2n) is 6.34. The maximum absolute atomic E-state index is 12.7. The van der Waals surface area contributed by atoms with Crippen LogP contribution in [0.25, 0.3) is 0 Å². The first-order valence-corrected chi connectivity index (χ1v) is 8.41. The van der Waals surface area contributed by atoms with Crippen LogP contribution in [0.15, 0.2) is 24.3 Å². The highest BCUT2D eigenvalue weighted by atomic mass is 16.5. The molecule has 0 radical (unpaired) electrons. The van der Waals surface area contributed by atoms with Crippen molar-refractivity contribution in [3.8, 4) is 5.75 Å². The van der Waals surface area contributed by atoms with Gasteiger partial charge in [-0.2, -0.15) is 0 Å². The van der Waals surface area contributed by atoms with E-state index in [1.54, 1.807) is 7.11 Å². The fourth-order valence-electron chi connectivity index (χ4n) is 3.35. The van der Waals surface area contributed by atoms with E-state index < -0.39 is 5.54 Å². The zero-order valence-electron chi connectivity index (χ0n) is 14.3. The Hall–Kier alpha value is -1.63. The lowest BCUT2D eigenvalue weighted by atomic mass is 9.81. The van der Waals surface area contributed by atoms with Gasteiger partial charge in [0.2, 0.25) is 0 Å². The number of carbonyl (C=O) groups is 1. The Morgan fingerprint density at radius 3 is 2.33 bits per heavy atom. The van der Waals surface area contributed by atoms with E-state index in [0.29, 0.717) is 45.9 Å². The summed E-state index contributed by atoms with van der Waals surface area (Å²) in [5.41, 5.74) is -0.0151. The van der Waals surface area contributed by atoms with Gasteiger partial charge in [0.05, 0.1) is 32.5 Å². The van der Waals surface area contributed by atoms with Gasteiger partial charge in [-0.3, -0.25) is 10.1 Å². The zero-order chi connectivity index (χ0) is 17.0. The van der Waals surface area contributed by atoms with Gasteiger partial charge in [-0.25, -0.2) is 0 Å². The average Bonchev–Trinajstić information content (AvgIpc) is 2.59. The predicted molar refractivity (Wildman–Crippen MR) is 88.0 cm³/mol. The molecule has 0 bridgehead atoms. The van der Waals surface area contributed by atoms with Crippen LogP contribution in [0.5, 0.6) is 5.75 Å². The molecule has 0 spiro atoms. The predicted octanol–water partition coefficient (Wildman–Crippen LogP) is 1.62. The molecule has 2 heterocycles. The van der Waals surface area contributed by atoms with Crippen molar-refractivity contribution >= 4 is 5.97 Å². The minimum absolute atomic E-state index is 0.201. The van der Waals surface area contributed by atoms with Crippen LogP contribution in [0.2, 0.25) is 0 Å². The Labute approximate surface area is 142 Å². The maximum atomic E-state index is 12.7. The number of hydrogen-bond donors (Lipinski definition) is 1. The number of benzene rings is 1. The fraction of sp³-hybridized carbons (Fsp3) is 0.611. The molecular weight excluding hydrogens is 310 g/mol. The molecule has 24 heavy (non-hydrogen) atoms. The van der Waals surface area contributed by atoms with Crippen molar-refractivity contribution in [3.63, 3.8) is 0 Å². The molecule has 2 fully saturated rings. The van der Waals surface area contributed by atoms with Crippen molar-refractivity contribution in [2.24, 2.45) is 0 Å². The Morgan fingerprint density at radius 2 is 1.83 bits per heavy atom. The highest BCUT2D eigenvalue weighted by Crippen LogP contribution is 2.36. The zero-order valence-corrected chi connectivity index (χ0v) is 14.3. The summed E-state index contributed by atoms with van der Waals surface area (Å²) in [6.45, 7) is 4.35. The molecule has 0 aliphatic carbocycles. The molecule has 0 unspecified atom stereocenters. The molecule has 2 saturated heterocycles. The van der Waals surface area contributed by atoms with Crippen molar-refractivity contribution in [1.29, 1.82) is 0 Å². The summed E-state index contributed by atoms with van der Waals surface area (Å²) in [4.78, 5) is 12.7. The summed E-state index contributed by atoms with van der Waals surface area (Å²) >= 11 is 0. The molecule has 1 aromatic carbocycles. The summed E-state index contributed by atoms with van der Waals surface area (Å²) in [7, 11) is 1.65. The summed E-state index contributed by atoms with van der Waals surface area (Å²) in [6.07, 6.45) is 1.20. The van der Waals surface area contributed by atoms with E-state index in [1.807, 2.05) is 31.2 Å². The third-order valence-electron chi connectivity index (χ3n) is 4.83. The normalized spacial score (nSPS) is 21.6. The Bertz CT molecular complexity index is 561. The first-order valence-electron chi connectivity index (χ1n) is 8.41. The van der Waals surface area contributed by atoms with E-state index in [2.05, 4.69) is 5.32 Å². The molecule has 6 heteroatoms. The molecule has 0 aromatic heterocycles. The quantitative estimate of drug-likeness (QED) is 0.797. The van der Waals surface area contributed by atoms with Crippen molar-refractivity contribution in [2.75, 3.05) is 40.1 Å². The molecule has 1 N–H and O–H groups in total. The Balaban J connectivity index is 1.86. The van der Waals surface area contributed by atoms with Crippen LogP contribution in [0, 0.1) is 0 Å². The molecule has 2 aliphatic rings. The van der Waals surface area contributed by atoms with Crippen molar-refractivity contribution in [2.45, 2.75) is 30.8 Å². The van der Waals surface area contributed by atoms with Gasteiger partial charge in [0, 0.05) is 13.2 Å². The van der Waals surface area contributed by atoms with E-state index in [1.165, 1.54) is 0 Å². The molecule has 2 aliphatic heterocycles. The van der Waals surface area contributed by atoms with Crippen LogP contribution in [0.4, 0.5) is 0 Å². The molecule has 1 aromatic rings. The molecule has 0 atom stereocenters. The van der Waals surface area contributed by atoms with E-state index in [4.69, 9.17) is 18.9 Å². The Kier molecular flexibility index (Phi) is 5.08. The minimum atomic E-state index is -0.724. The van der Waals surface area contributed by atoms with E-state index in [0.717, 1.165) is 11.3 Å². The largest absolute Gasteiger partial charge is 0.497 e. The monoisotopic (exact) mass is 335 g/mol. The van der Waals surface area contributed by atoms with Crippen molar-refractivity contribution in [1.82, 2.24) is 5.32 Å². The first-order chi connectivity index (χ1) is 11.6. The molecule has 132 valence electrons. The number of hydrogen-bond acceptors (Lipinski definition) is 6. The minimum Gasteiger partial charge on any atom is -0.497 e. The van der Waals surface area contributed by atoms with Gasteiger partial charge in [-0.15, -0.1) is 0 Å². The highest BCUT2D eigenvalue weighted by Gasteiger charge is 2.51. The topological polar surface area (TPSA) is 66.0 Å². The van der Waals surface area contributed by atoms with Gasteiger partial charge in [-0.1, -0.05) is 12.1 Å². The van der Waals surface area contributed by atoms with Gasteiger partial charge < -0.3 is 18.9 Å². The summed E-state index contributed by atoms with van der Waals surface area (Å²) < 4.78 is 21.5. The molecule has 0 amide bonds. The number of ether oxygens (including phenoxy) is 4. The standard InChI is InChI=1S/C18H25NO5/c1-3-24-16(20)17(8-10-22-11-9-17)19-18(12-23-13-18)14-4-6-15(21-2)7-5-14/h4-7,19H,3,8-13H2,1-2H3. The second kappa shape index (κ2) is 7.09. The number of carbonyl (C=O) groups excluding carboxylic acids is 1. The number of esters is 1. The number of methoxy groups -OCH3 is 1. The van der Waals surface area contributed by atoms with E-state index in [9.17, 15) is 4.79 Å². The van der Waals surface area contributed by atoms with Gasteiger partial charge >= 0.3 is 5.97 Å². The third kappa shape index (κ3) is 3.14. The van der Waals surface area contributed by atoms with Crippen LogP contribution >= 0.6 is 0 Å². The average molecular weight is 335 g/mol. The molecule has 6 nitrogen and oxygen atoms in total. The van der Waals surface area contributed by atoms with E-state index in [-0.39, 0.29) is 11.5 Å². The van der Waals surface area contributed by atoms with Crippen LogP contribution < -0.4 is 10.1 Å². The highest BCUT2D eigenvalue weighted by molar-refractivity contribution is 5.81. The van der Waals surface area contributed by atoms with Crippen LogP contribution in [0.3, 0.4) is 0 Å². The van der Waals surface area contributed by atoms with Crippen LogP contribution in [-0.2, 0) is 24.5 Å². The lowest BCUT2D eigenvalue weighted by Gasteiger charge is -2.49. The number of rotatable bonds is 6. The second-order valence-corrected chi connectivity index (χ2v) is 6.34. The van der Waals surface area contributed by atoms with Crippen molar-refractivity contribution < 1.29 is 23.7 Å². The maximum Gasteiger partial charge on any atom is 0.326 e. The summed E-state index contributed by atoms with van der Waals surface area (Å²) in [5, 5.41) is 3.60. The smallest absolute Gasteiger partial charge is 0.326 e. The molecule has 0 saturated carbocycles. The lowest BCUT2D eigenvalue weighted by molar-refractivity contribution is -0.164. The fourth-order valence-corrected chi connectivity index (χ4v) is 3.35. The lowest BCUT2D eigenvalue weighted by Crippen LogP contribution is -2.69. The van der Waals surface area contributed by atoms with Crippen molar-refractivity contribution in [3.05, 3.63) is 29.8 Å². The van der Waals surface area contributed by atoms with Gasteiger partial charge in [0.15, 0.2) is 0 Å². The van der Waals surface area contributed by atoms with Crippen LogP contribution in [-0.4, -0.2) is 51.7 Å². The SMILES string of the molecule is CCOC(=O)C1(NC2(c3ccc(OC)cc3)COC2)CCOCC1. The number of nitrogens with one attached hydrogen (secondary N) is 1. The van der Waals surface area contributed by atoms with Gasteiger partial charge in [-0.05, 0) is 37.5 Å². The van der Waals surface area contributed by atoms with Crippen LogP contribution in [0.1, 0.15) is 25.3 Å². The Morgan fingerprint density at radius 1 is 1.17 bits per heavy atom. The molecular formula is C18H25NO5. The third-order valence-corrected chi connectivity index (χ3v) is 4.83. The summed E-state index contributed by atoms with van der Waals surface area (Å²) in [6, 6.07) is 7.90. The molecule has 3 rings (SSSR count). The van der Waals surface area contributed by atoms with E-state index >= 15 is 0 Å². The summed E-state index contributed by atoms with van der Waals surface area (Å²) in [5.74, 6) is 0.605. The van der Waals surface area contributed by atoms with Gasteiger partial charge in [0.25, 0.3) is 0 Å². The first kappa shape index (κ1) is 17.2. The van der Waals surface area contributed by atoms with Gasteiger partial charge in [0.1, 0.15) is 11.3 Å².